The molecule has 0 unspecified atom stereocenters. The molecule has 0 bridgehead atoms. The van der Waals surface area contributed by atoms with Gasteiger partial charge in [-0.25, -0.2) is 0 Å². The van der Waals surface area contributed by atoms with Crippen molar-refractivity contribution in [3.8, 4) is 0 Å². The van der Waals surface area contributed by atoms with Crippen LogP contribution in [0.2, 0.25) is 5.02 Å². The molecule has 2 amide bonds. The Hall–Kier alpha value is -3.19. The Bertz CT molecular complexity index is 1080. The van der Waals surface area contributed by atoms with Crippen LogP contribution in [0.1, 0.15) is 15.9 Å². The summed E-state index contributed by atoms with van der Waals surface area (Å²) < 4.78 is 0. The SMILES string of the molecule is O=C(CN1CCN(Cc2ccc(Cl)cc2)CC1)Nc1ccccc1C(=O)Nc1ccccc1. The van der Waals surface area contributed by atoms with Crippen molar-refractivity contribution in [1.82, 2.24) is 9.80 Å². The van der Waals surface area contributed by atoms with Gasteiger partial charge in [0.1, 0.15) is 0 Å². The van der Waals surface area contributed by atoms with Gasteiger partial charge in [0.2, 0.25) is 5.91 Å². The number of hydrogen-bond acceptors (Lipinski definition) is 4. The van der Waals surface area contributed by atoms with Gasteiger partial charge in [0.15, 0.2) is 0 Å². The summed E-state index contributed by atoms with van der Waals surface area (Å²) in [5.41, 5.74) is 2.89. The van der Waals surface area contributed by atoms with E-state index in [-0.39, 0.29) is 11.8 Å². The highest BCUT2D eigenvalue weighted by Crippen LogP contribution is 2.18. The number of nitrogens with zero attached hydrogens (tertiary/aromatic N) is 2. The van der Waals surface area contributed by atoms with Crippen molar-refractivity contribution in [2.75, 3.05) is 43.4 Å². The third-order valence-corrected chi connectivity index (χ3v) is 5.88. The zero-order chi connectivity index (χ0) is 23.0. The Morgan fingerprint density at radius 2 is 1.39 bits per heavy atom. The van der Waals surface area contributed by atoms with E-state index in [0.717, 1.165) is 37.7 Å². The van der Waals surface area contributed by atoms with E-state index in [2.05, 4.69) is 20.4 Å². The molecule has 7 heteroatoms. The molecule has 3 aromatic carbocycles. The fourth-order valence-corrected chi connectivity index (χ4v) is 3.98. The average Bonchev–Trinajstić information content (AvgIpc) is 2.83. The summed E-state index contributed by atoms with van der Waals surface area (Å²) in [4.78, 5) is 29.9. The van der Waals surface area contributed by atoms with E-state index in [4.69, 9.17) is 11.6 Å². The second-order valence-electron chi connectivity index (χ2n) is 8.09. The molecule has 0 radical (unpaired) electrons. The first-order chi connectivity index (χ1) is 16.1. The number of anilines is 2. The normalized spacial score (nSPS) is 14.6. The van der Waals surface area contributed by atoms with E-state index in [1.54, 1.807) is 18.2 Å². The van der Waals surface area contributed by atoms with Crippen LogP contribution in [0.3, 0.4) is 0 Å². The number of piperazine rings is 1. The Balaban J connectivity index is 1.28. The summed E-state index contributed by atoms with van der Waals surface area (Å²) in [5, 5.41) is 6.53. The number of nitrogens with one attached hydrogen (secondary N) is 2. The molecule has 3 aromatic rings. The second-order valence-corrected chi connectivity index (χ2v) is 8.53. The average molecular weight is 463 g/mol. The van der Waals surface area contributed by atoms with Crippen LogP contribution < -0.4 is 10.6 Å². The highest BCUT2D eigenvalue weighted by atomic mass is 35.5. The Kier molecular flexibility index (Phi) is 7.73. The molecule has 0 saturated carbocycles. The second kappa shape index (κ2) is 11.1. The Labute approximate surface area is 199 Å². The van der Waals surface area contributed by atoms with Gasteiger partial charge in [-0.15, -0.1) is 0 Å². The number of amides is 2. The lowest BCUT2D eigenvalue weighted by Crippen LogP contribution is -2.48. The van der Waals surface area contributed by atoms with Crippen LogP contribution in [0.15, 0.2) is 78.9 Å². The quantitative estimate of drug-likeness (QED) is 0.548. The summed E-state index contributed by atoms with van der Waals surface area (Å²) in [6.07, 6.45) is 0. The summed E-state index contributed by atoms with van der Waals surface area (Å²) in [6.45, 7) is 4.59. The molecule has 4 rings (SSSR count). The van der Waals surface area contributed by atoms with E-state index in [9.17, 15) is 9.59 Å². The molecule has 170 valence electrons. The molecule has 0 aromatic heterocycles. The van der Waals surface area contributed by atoms with E-state index in [0.29, 0.717) is 23.5 Å². The van der Waals surface area contributed by atoms with Gasteiger partial charge in [-0.3, -0.25) is 19.4 Å². The number of hydrogen-bond donors (Lipinski definition) is 2. The van der Waals surface area contributed by atoms with E-state index < -0.39 is 0 Å². The number of carbonyl (C=O) groups is 2. The van der Waals surface area contributed by atoms with Crippen LogP contribution in [0, 0.1) is 0 Å². The Morgan fingerprint density at radius 3 is 2.12 bits per heavy atom. The monoisotopic (exact) mass is 462 g/mol. The lowest BCUT2D eigenvalue weighted by atomic mass is 10.1. The first-order valence-corrected chi connectivity index (χ1v) is 11.4. The minimum Gasteiger partial charge on any atom is -0.324 e. The van der Waals surface area contributed by atoms with Crippen molar-refractivity contribution in [1.29, 1.82) is 0 Å². The topological polar surface area (TPSA) is 64.7 Å². The summed E-state index contributed by atoms with van der Waals surface area (Å²) in [5.74, 6) is -0.381. The van der Waals surface area contributed by atoms with Crippen LogP contribution in [-0.4, -0.2) is 54.3 Å². The standard InChI is InChI=1S/C26H27ClN4O2/c27-21-12-10-20(11-13-21)18-30-14-16-31(17-15-30)19-25(32)29-24-9-5-4-8-23(24)26(33)28-22-6-2-1-3-7-22/h1-13H,14-19H2,(H,28,33)(H,29,32). The molecule has 1 aliphatic rings. The molecule has 1 fully saturated rings. The van der Waals surface area contributed by atoms with Crippen LogP contribution >= 0.6 is 11.6 Å². The number of carbonyl (C=O) groups excluding carboxylic acids is 2. The van der Waals surface area contributed by atoms with Crippen LogP contribution in [0.5, 0.6) is 0 Å². The molecule has 6 nitrogen and oxygen atoms in total. The van der Waals surface area contributed by atoms with Crippen LogP contribution in [0.4, 0.5) is 11.4 Å². The van der Waals surface area contributed by atoms with Crippen LogP contribution in [-0.2, 0) is 11.3 Å². The van der Waals surface area contributed by atoms with E-state index >= 15 is 0 Å². The van der Waals surface area contributed by atoms with Gasteiger partial charge in [-0.1, -0.05) is 54.1 Å². The predicted molar refractivity (Wildman–Crippen MR) is 133 cm³/mol. The lowest BCUT2D eigenvalue weighted by Gasteiger charge is -2.34. The highest BCUT2D eigenvalue weighted by molar-refractivity contribution is 6.30. The maximum absolute atomic E-state index is 12.7. The summed E-state index contributed by atoms with van der Waals surface area (Å²) in [6, 6.07) is 24.2. The molecule has 1 saturated heterocycles. The maximum atomic E-state index is 12.7. The van der Waals surface area contributed by atoms with Crippen molar-refractivity contribution >= 4 is 34.8 Å². The lowest BCUT2D eigenvalue weighted by molar-refractivity contribution is -0.117. The summed E-state index contributed by atoms with van der Waals surface area (Å²) in [7, 11) is 0. The fourth-order valence-electron chi connectivity index (χ4n) is 3.86. The van der Waals surface area contributed by atoms with Gasteiger partial charge in [0.05, 0.1) is 17.8 Å². The highest BCUT2D eigenvalue weighted by Gasteiger charge is 2.20. The molecule has 0 atom stereocenters. The number of rotatable bonds is 7. The van der Waals surface area contributed by atoms with Gasteiger partial charge >= 0.3 is 0 Å². The van der Waals surface area contributed by atoms with Gasteiger partial charge in [0, 0.05) is 43.4 Å². The predicted octanol–water partition coefficient (Wildman–Crippen LogP) is 4.35. The minimum absolute atomic E-state index is 0.124. The Morgan fingerprint density at radius 1 is 0.758 bits per heavy atom. The molecule has 1 heterocycles. The third-order valence-electron chi connectivity index (χ3n) is 5.63. The van der Waals surface area contributed by atoms with Crippen molar-refractivity contribution < 1.29 is 9.59 Å². The largest absolute Gasteiger partial charge is 0.324 e. The molecule has 33 heavy (non-hydrogen) atoms. The number of halogens is 1. The smallest absolute Gasteiger partial charge is 0.257 e. The van der Waals surface area contributed by atoms with Crippen molar-refractivity contribution in [2.45, 2.75) is 6.54 Å². The molecule has 0 spiro atoms. The molecule has 2 N–H and O–H groups in total. The van der Waals surface area contributed by atoms with Gasteiger partial charge in [-0.05, 0) is 42.0 Å². The van der Waals surface area contributed by atoms with Gasteiger partial charge < -0.3 is 10.6 Å². The molecular weight excluding hydrogens is 436 g/mol. The fraction of sp³-hybridized carbons (Fsp3) is 0.231. The summed E-state index contributed by atoms with van der Waals surface area (Å²) >= 11 is 5.96. The van der Waals surface area contributed by atoms with E-state index in [1.807, 2.05) is 60.7 Å². The third kappa shape index (κ3) is 6.65. The number of para-hydroxylation sites is 2. The van der Waals surface area contributed by atoms with E-state index in [1.165, 1.54) is 5.56 Å². The molecular formula is C26H27ClN4O2. The van der Waals surface area contributed by atoms with Gasteiger partial charge in [-0.2, -0.15) is 0 Å². The first-order valence-electron chi connectivity index (χ1n) is 11.0. The van der Waals surface area contributed by atoms with Crippen molar-refractivity contribution in [3.63, 3.8) is 0 Å². The molecule has 0 aliphatic carbocycles. The zero-order valence-corrected chi connectivity index (χ0v) is 19.1. The van der Waals surface area contributed by atoms with Crippen molar-refractivity contribution in [2.24, 2.45) is 0 Å². The number of benzene rings is 3. The van der Waals surface area contributed by atoms with Gasteiger partial charge in [0.25, 0.3) is 5.91 Å². The minimum atomic E-state index is -0.257. The molecule has 1 aliphatic heterocycles. The first kappa shape index (κ1) is 23.0. The van der Waals surface area contributed by atoms with Crippen LogP contribution in [0.25, 0.3) is 0 Å². The zero-order valence-electron chi connectivity index (χ0n) is 18.3. The maximum Gasteiger partial charge on any atom is 0.257 e. The van der Waals surface area contributed by atoms with Crippen molar-refractivity contribution in [3.05, 3.63) is 95.0 Å².